The van der Waals surface area contributed by atoms with Gasteiger partial charge >= 0.3 is 0 Å². The number of para-hydroxylation sites is 1. The van der Waals surface area contributed by atoms with Gasteiger partial charge in [0, 0.05) is 92.2 Å². The number of imidazole rings is 1. The van der Waals surface area contributed by atoms with E-state index in [1.807, 2.05) is 48.5 Å². The zero-order valence-electron chi connectivity index (χ0n) is 39.2. The van der Waals surface area contributed by atoms with E-state index in [2.05, 4.69) is 64.9 Å². The van der Waals surface area contributed by atoms with Crippen molar-refractivity contribution in [3.8, 4) is 0 Å². The van der Waals surface area contributed by atoms with Crippen molar-refractivity contribution < 1.29 is 33.4 Å². The Kier molecular flexibility index (Phi) is 15.7. The van der Waals surface area contributed by atoms with Gasteiger partial charge in [-0.15, -0.1) is 0 Å². The Morgan fingerprint density at radius 3 is 2.28 bits per heavy atom. The predicted molar refractivity (Wildman–Crippen MR) is 262 cm³/mol. The fraction of sp³-hybridized carbons (Fsp3) is 0.460. The van der Waals surface area contributed by atoms with Crippen LogP contribution in [0, 0.1) is 0 Å². The highest BCUT2D eigenvalue weighted by molar-refractivity contribution is 6.07. The van der Waals surface area contributed by atoms with Crippen LogP contribution in [-0.2, 0) is 35.1 Å². The Bertz CT molecular complexity index is 2560. The maximum absolute atomic E-state index is 13.1. The zero-order valence-corrected chi connectivity index (χ0v) is 39.2. The number of likely N-dealkylation sites (N-methyl/N-ethyl adjacent to an activating group) is 1. The smallest absolute Gasteiger partial charge is 0.255 e. The average molecular weight is 943 g/mol. The van der Waals surface area contributed by atoms with Crippen LogP contribution in [0.25, 0.3) is 11.2 Å². The molecule has 0 bridgehead atoms. The van der Waals surface area contributed by atoms with Crippen LogP contribution in [0.1, 0.15) is 60.5 Å². The number of imide groups is 1. The van der Waals surface area contributed by atoms with Gasteiger partial charge in [-0.25, -0.2) is 9.97 Å². The average Bonchev–Trinajstić information content (AvgIpc) is 4.09. The maximum Gasteiger partial charge on any atom is 0.255 e. The van der Waals surface area contributed by atoms with Gasteiger partial charge in [-0.2, -0.15) is 4.98 Å². The molecule has 364 valence electrons. The number of nitrogens with one attached hydrogen (secondary N) is 4. The predicted octanol–water partition coefficient (Wildman–Crippen LogP) is 4.93. The monoisotopic (exact) mass is 942 g/mol. The molecular formula is C50H62N12O7. The lowest BCUT2D eigenvalue weighted by molar-refractivity contribution is -0.137. The third-order valence-electron chi connectivity index (χ3n) is 13.2. The van der Waals surface area contributed by atoms with Crippen LogP contribution in [0.5, 0.6) is 0 Å². The molecule has 4 aliphatic rings. The number of fused-ring (bicyclic) bond motifs is 2. The van der Waals surface area contributed by atoms with Crippen LogP contribution in [-0.4, -0.2) is 156 Å². The van der Waals surface area contributed by atoms with Crippen molar-refractivity contribution in [3.05, 3.63) is 90.1 Å². The number of benzene rings is 3. The Morgan fingerprint density at radius 1 is 0.797 bits per heavy atom. The van der Waals surface area contributed by atoms with Gasteiger partial charge in [0.15, 0.2) is 5.65 Å². The van der Waals surface area contributed by atoms with E-state index >= 15 is 0 Å². The number of carbonyl (C=O) groups excluding carboxylic acids is 4. The number of carbonyl (C=O) groups is 4. The number of rotatable bonds is 22. The topological polar surface area (TPSA) is 201 Å². The molecule has 0 radical (unpaired) electrons. The third kappa shape index (κ3) is 12.0. The summed E-state index contributed by atoms with van der Waals surface area (Å²) in [5.41, 5.74) is 6.38. The summed E-state index contributed by atoms with van der Waals surface area (Å²) in [6.45, 7) is 8.51. The number of hydrogen-bond acceptors (Lipinski definition) is 15. The van der Waals surface area contributed by atoms with Crippen molar-refractivity contribution in [1.82, 2.24) is 39.5 Å². The van der Waals surface area contributed by atoms with Crippen molar-refractivity contribution in [2.24, 2.45) is 0 Å². The van der Waals surface area contributed by atoms with E-state index in [-0.39, 0.29) is 43.7 Å². The molecule has 19 nitrogen and oxygen atoms in total. The van der Waals surface area contributed by atoms with Crippen molar-refractivity contribution >= 4 is 69.4 Å². The molecule has 1 atom stereocenters. The van der Waals surface area contributed by atoms with Crippen LogP contribution in [0.4, 0.5) is 34.6 Å². The lowest BCUT2D eigenvalue weighted by Crippen LogP contribution is -2.52. The van der Waals surface area contributed by atoms with E-state index in [1.165, 1.54) is 23.4 Å². The standard InChI is InChI=1S/C50H62N12O7/c1-58(34-45(64)54-41-13-7-12-39-40(41)33-61(48(39)66)43-18-19-44(63)56-47(43)65)24-26-67-28-30-69-31-29-68-27-25-59-20-22-60(23-21-59)37-16-14-36(15-17-37)52-49-51-32-42-46(57-49)62(38-10-5-6-11-38)50(55-42)53-35-8-3-2-4-9-35/h2-4,7-9,12-17,32,38,43H,5-6,10-11,18-31,33-34H2,1H3,(H,53,55)(H,54,64)(H,51,52,57)(H,56,63,65). The largest absolute Gasteiger partial charge is 0.378 e. The number of nitrogens with zero attached hydrogens (tertiary/aromatic N) is 8. The normalized spacial score (nSPS) is 17.8. The number of aromatic nitrogens is 4. The first-order valence-electron chi connectivity index (χ1n) is 24.2. The van der Waals surface area contributed by atoms with Crippen LogP contribution >= 0.6 is 0 Å². The lowest BCUT2D eigenvalue weighted by atomic mass is 10.0. The highest BCUT2D eigenvalue weighted by Gasteiger charge is 2.40. The number of hydrogen-bond donors (Lipinski definition) is 4. The molecule has 1 unspecified atom stereocenters. The fourth-order valence-corrected chi connectivity index (χ4v) is 9.49. The van der Waals surface area contributed by atoms with E-state index in [9.17, 15) is 19.2 Å². The minimum absolute atomic E-state index is 0.132. The molecule has 2 saturated heterocycles. The second-order valence-corrected chi connectivity index (χ2v) is 18.0. The summed E-state index contributed by atoms with van der Waals surface area (Å²) in [5.74, 6) is 0.0367. The Labute approximate surface area is 401 Å². The quantitative estimate of drug-likeness (QED) is 0.0538. The lowest BCUT2D eigenvalue weighted by Gasteiger charge is -2.36. The summed E-state index contributed by atoms with van der Waals surface area (Å²) < 4.78 is 19.5. The molecule has 3 aromatic carbocycles. The fourth-order valence-electron chi connectivity index (χ4n) is 9.49. The molecule has 1 saturated carbocycles. The van der Waals surface area contributed by atoms with E-state index in [4.69, 9.17) is 24.2 Å². The number of piperidine rings is 1. The molecule has 5 aromatic rings. The van der Waals surface area contributed by atoms with Crippen LogP contribution in [0.3, 0.4) is 0 Å². The van der Waals surface area contributed by atoms with Crippen molar-refractivity contribution in [2.75, 3.05) is 113 Å². The van der Waals surface area contributed by atoms with Gasteiger partial charge in [0.2, 0.25) is 29.6 Å². The van der Waals surface area contributed by atoms with Gasteiger partial charge in [0.25, 0.3) is 5.91 Å². The van der Waals surface area contributed by atoms with E-state index in [1.54, 1.807) is 18.2 Å². The zero-order chi connectivity index (χ0) is 47.5. The van der Waals surface area contributed by atoms with Gasteiger partial charge in [-0.1, -0.05) is 37.1 Å². The van der Waals surface area contributed by atoms with Gasteiger partial charge in [-0.05, 0) is 74.8 Å². The molecule has 5 heterocycles. The molecule has 19 heteroatoms. The van der Waals surface area contributed by atoms with Crippen LogP contribution < -0.4 is 26.2 Å². The SMILES string of the molecule is CN(CCOCCOCCOCCN1CCN(c2ccc(Nc3ncc4nc(Nc5ccccc5)n(C5CCCC5)c4n3)cc2)CC1)CC(=O)Nc1cccc2c1CN(C1CCC(=O)NC1=O)C2=O. The maximum atomic E-state index is 13.1. The summed E-state index contributed by atoms with van der Waals surface area (Å²) in [6, 6.07) is 23.4. The number of ether oxygens (including phenoxy) is 3. The highest BCUT2D eigenvalue weighted by Crippen LogP contribution is 2.36. The molecule has 69 heavy (non-hydrogen) atoms. The highest BCUT2D eigenvalue weighted by atomic mass is 16.5. The number of anilines is 6. The Hall–Kier alpha value is -6.51. The van der Waals surface area contributed by atoms with Crippen molar-refractivity contribution in [2.45, 2.75) is 57.2 Å². The van der Waals surface area contributed by atoms with Gasteiger partial charge < -0.3 is 40.0 Å². The molecule has 2 aromatic heterocycles. The Balaban J connectivity index is 0.611. The van der Waals surface area contributed by atoms with Crippen molar-refractivity contribution in [1.29, 1.82) is 0 Å². The third-order valence-corrected chi connectivity index (χ3v) is 13.2. The summed E-state index contributed by atoms with van der Waals surface area (Å²) in [6.07, 6.45) is 6.90. The van der Waals surface area contributed by atoms with Crippen molar-refractivity contribution in [3.63, 3.8) is 0 Å². The summed E-state index contributed by atoms with van der Waals surface area (Å²) in [7, 11) is 1.84. The minimum atomic E-state index is -0.717. The Morgan fingerprint density at radius 2 is 1.52 bits per heavy atom. The molecule has 3 aliphatic heterocycles. The first-order chi connectivity index (χ1) is 33.8. The summed E-state index contributed by atoms with van der Waals surface area (Å²) >= 11 is 0. The van der Waals surface area contributed by atoms with Crippen LogP contribution in [0.15, 0.2) is 79.0 Å². The minimum Gasteiger partial charge on any atom is -0.378 e. The molecule has 4 N–H and O–H groups in total. The van der Waals surface area contributed by atoms with Gasteiger partial charge in [-0.3, -0.25) is 38.9 Å². The molecule has 9 rings (SSSR count). The van der Waals surface area contributed by atoms with E-state index < -0.39 is 11.9 Å². The van der Waals surface area contributed by atoms with Crippen LogP contribution in [0.2, 0.25) is 0 Å². The second-order valence-electron chi connectivity index (χ2n) is 18.0. The van der Waals surface area contributed by atoms with Gasteiger partial charge in [0.05, 0.1) is 52.4 Å². The van der Waals surface area contributed by atoms with E-state index in [0.29, 0.717) is 75.0 Å². The number of amides is 4. The summed E-state index contributed by atoms with van der Waals surface area (Å²) in [5, 5.41) is 12.2. The molecule has 3 fully saturated rings. The first-order valence-corrected chi connectivity index (χ1v) is 24.2. The number of piperazine rings is 1. The summed E-state index contributed by atoms with van der Waals surface area (Å²) in [4.78, 5) is 72.7. The van der Waals surface area contributed by atoms with E-state index in [0.717, 1.165) is 74.1 Å². The molecule has 1 aliphatic carbocycles. The molecule has 4 amide bonds. The molecule has 0 spiro atoms. The van der Waals surface area contributed by atoms with Gasteiger partial charge in [0.1, 0.15) is 11.6 Å². The molecular weight excluding hydrogens is 881 g/mol. The second kappa shape index (κ2) is 22.7. The first kappa shape index (κ1) is 47.6.